The Morgan fingerprint density at radius 2 is 2.07 bits per heavy atom. The maximum absolute atomic E-state index is 13.0. The van der Waals surface area contributed by atoms with E-state index in [4.69, 9.17) is 0 Å². The molecule has 3 N–H and O–H groups in total. The lowest BCUT2D eigenvalue weighted by Crippen LogP contribution is -2.50. The highest BCUT2D eigenvalue weighted by Crippen LogP contribution is 2.15. The number of nitrogens with one attached hydrogen (secondary N) is 1. The van der Waals surface area contributed by atoms with Gasteiger partial charge in [0.25, 0.3) is 0 Å². The summed E-state index contributed by atoms with van der Waals surface area (Å²) >= 11 is 0. The number of nitrogens with zero attached hydrogens (tertiary/aromatic N) is 1. The van der Waals surface area contributed by atoms with Gasteiger partial charge >= 0.3 is 11.8 Å². The van der Waals surface area contributed by atoms with Crippen LogP contribution in [0.1, 0.15) is 20.3 Å². The van der Waals surface area contributed by atoms with E-state index in [-0.39, 0.29) is 0 Å². The van der Waals surface area contributed by atoms with Crippen molar-refractivity contribution < 1.29 is 13.6 Å². The number of hydrogen-bond donors (Lipinski definition) is 2. The van der Waals surface area contributed by atoms with Crippen LogP contribution in [-0.4, -0.2) is 36.4 Å². The van der Waals surface area contributed by atoms with Crippen LogP contribution in [-0.2, 0) is 4.79 Å². The highest BCUT2D eigenvalue weighted by molar-refractivity contribution is 5.82. The van der Waals surface area contributed by atoms with E-state index in [0.717, 1.165) is 6.42 Å². The van der Waals surface area contributed by atoms with E-state index in [2.05, 4.69) is 5.84 Å². The molecule has 0 aliphatic heterocycles. The van der Waals surface area contributed by atoms with Gasteiger partial charge < -0.3 is 0 Å². The number of alkyl halides is 2. The molecule has 0 saturated carbocycles. The second-order valence-corrected chi connectivity index (χ2v) is 3.05. The van der Waals surface area contributed by atoms with Crippen molar-refractivity contribution in [2.45, 2.75) is 26.2 Å². The Morgan fingerprint density at radius 3 is 2.43 bits per heavy atom. The Balaban J connectivity index is 4.23. The lowest BCUT2D eigenvalue weighted by atomic mass is 10.2. The lowest BCUT2D eigenvalue weighted by molar-refractivity contribution is -0.148. The minimum atomic E-state index is -3.42. The number of carbonyl (C=O) groups is 1. The van der Waals surface area contributed by atoms with Crippen molar-refractivity contribution in [2.24, 2.45) is 5.84 Å². The molecule has 0 aliphatic carbocycles. The summed E-state index contributed by atoms with van der Waals surface area (Å²) in [5.41, 5.74) is 1.46. The summed E-state index contributed by atoms with van der Waals surface area (Å²) in [6.45, 7) is 4.11. The third kappa shape index (κ3) is 3.97. The molecular weight excluding hydrogens is 192 g/mol. The molecule has 0 saturated heterocycles. The second kappa shape index (κ2) is 5.87. The Hall–Kier alpha value is -0.750. The fourth-order valence-corrected chi connectivity index (χ4v) is 1.12. The predicted molar refractivity (Wildman–Crippen MR) is 49.7 cm³/mol. The zero-order valence-corrected chi connectivity index (χ0v) is 8.52. The first-order chi connectivity index (χ1) is 6.47. The monoisotopic (exact) mass is 209 g/mol. The molecule has 0 aromatic carbocycles. The van der Waals surface area contributed by atoms with Crippen molar-refractivity contribution in [3.05, 3.63) is 0 Å². The number of hydrogen-bond acceptors (Lipinski definition) is 3. The van der Waals surface area contributed by atoms with Gasteiger partial charge in [-0.1, -0.05) is 13.8 Å². The molecule has 6 heteroatoms. The van der Waals surface area contributed by atoms with Crippen LogP contribution in [0.5, 0.6) is 0 Å². The molecule has 0 heterocycles. The summed E-state index contributed by atoms with van der Waals surface area (Å²) < 4.78 is 26.1. The molecule has 0 aromatic heterocycles. The SMILES string of the molecule is CCCN(CC)CC(F)(F)C(=O)NN. The van der Waals surface area contributed by atoms with E-state index in [1.54, 1.807) is 6.92 Å². The minimum absolute atomic E-state index is 0.487. The summed E-state index contributed by atoms with van der Waals surface area (Å²) in [7, 11) is 0. The van der Waals surface area contributed by atoms with Crippen LogP contribution < -0.4 is 11.3 Å². The smallest absolute Gasteiger partial charge is 0.297 e. The van der Waals surface area contributed by atoms with Crippen LogP contribution >= 0.6 is 0 Å². The highest BCUT2D eigenvalue weighted by atomic mass is 19.3. The molecular formula is C8H17F2N3O. The maximum Gasteiger partial charge on any atom is 0.338 e. The summed E-state index contributed by atoms with van der Waals surface area (Å²) in [6.07, 6.45) is 0.772. The van der Waals surface area contributed by atoms with Crippen LogP contribution in [0, 0.1) is 0 Å². The molecule has 0 atom stereocenters. The van der Waals surface area contributed by atoms with Crippen LogP contribution in [0.25, 0.3) is 0 Å². The van der Waals surface area contributed by atoms with Crippen molar-refractivity contribution in [3.8, 4) is 0 Å². The molecule has 0 aliphatic rings. The van der Waals surface area contributed by atoms with Crippen LogP contribution in [0.3, 0.4) is 0 Å². The van der Waals surface area contributed by atoms with Gasteiger partial charge in [0.05, 0.1) is 6.54 Å². The zero-order valence-electron chi connectivity index (χ0n) is 8.52. The van der Waals surface area contributed by atoms with Crippen molar-refractivity contribution in [3.63, 3.8) is 0 Å². The quantitative estimate of drug-likeness (QED) is 0.377. The first-order valence-corrected chi connectivity index (χ1v) is 4.59. The maximum atomic E-state index is 13.0. The van der Waals surface area contributed by atoms with E-state index in [1.165, 1.54) is 10.3 Å². The molecule has 0 unspecified atom stereocenters. The first kappa shape index (κ1) is 13.2. The van der Waals surface area contributed by atoms with Gasteiger partial charge in [-0.3, -0.25) is 15.1 Å². The van der Waals surface area contributed by atoms with Gasteiger partial charge in [-0.2, -0.15) is 8.78 Å². The molecule has 0 aromatic rings. The average Bonchev–Trinajstić information content (AvgIpc) is 2.15. The lowest BCUT2D eigenvalue weighted by Gasteiger charge is -2.24. The topological polar surface area (TPSA) is 58.4 Å². The van der Waals surface area contributed by atoms with E-state index in [9.17, 15) is 13.6 Å². The van der Waals surface area contributed by atoms with Crippen molar-refractivity contribution >= 4 is 5.91 Å². The van der Waals surface area contributed by atoms with Crippen molar-refractivity contribution in [1.82, 2.24) is 10.3 Å². The fourth-order valence-electron chi connectivity index (χ4n) is 1.12. The van der Waals surface area contributed by atoms with E-state index >= 15 is 0 Å². The Labute approximate surface area is 82.4 Å². The normalized spacial score (nSPS) is 11.9. The predicted octanol–water partition coefficient (Wildman–Crippen LogP) is 0.344. The van der Waals surface area contributed by atoms with Crippen LogP contribution in [0.15, 0.2) is 0 Å². The Kier molecular flexibility index (Phi) is 5.56. The molecule has 0 bridgehead atoms. The summed E-state index contributed by atoms with van der Waals surface area (Å²) in [4.78, 5) is 12.2. The Bertz CT molecular complexity index is 187. The zero-order chi connectivity index (χ0) is 11.2. The van der Waals surface area contributed by atoms with Gasteiger partial charge in [0.15, 0.2) is 0 Å². The molecule has 0 rings (SSSR count). The molecule has 0 spiro atoms. The van der Waals surface area contributed by atoms with E-state index in [1.807, 2.05) is 6.92 Å². The van der Waals surface area contributed by atoms with Crippen molar-refractivity contribution in [2.75, 3.05) is 19.6 Å². The Morgan fingerprint density at radius 1 is 1.50 bits per heavy atom. The first-order valence-electron chi connectivity index (χ1n) is 4.59. The number of nitrogens with two attached hydrogens (primary N) is 1. The third-order valence-corrected chi connectivity index (χ3v) is 1.87. The van der Waals surface area contributed by atoms with Crippen molar-refractivity contribution in [1.29, 1.82) is 0 Å². The van der Waals surface area contributed by atoms with Crippen LogP contribution in [0.4, 0.5) is 8.78 Å². The van der Waals surface area contributed by atoms with Gasteiger partial charge in [-0.15, -0.1) is 0 Å². The standard InChI is InChI=1S/C8H17F2N3O/c1-3-5-13(4-2)6-8(9,10)7(14)12-11/h3-6,11H2,1-2H3,(H,12,14). The molecule has 1 amide bonds. The number of halogens is 2. The fraction of sp³-hybridized carbons (Fsp3) is 0.875. The largest absolute Gasteiger partial charge is 0.338 e. The molecule has 0 radical (unpaired) electrons. The van der Waals surface area contributed by atoms with E-state index < -0.39 is 18.4 Å². The summed E-state index contributed by atoms with van der Waals surface area (Å²) in [5.74, 6) is -0.203. The second-order valence-electron chi connectivity index (χ2n) is 3.05. The number of carbonyl (C=O) groups excluding carboxylic acids is 1. The van der Waals surface area contributed by atoms with Gasteiger partial charge in [-0.05, 0) is 19.5 Å². The number of amides is 1. The molecule has 0 fully saturated rings. The number of rotatable bonds is 6. The van der Waals surface area contributed by atoms with Gasteiger partial charge in [0.1, 0.15) is 0 Å². The molecule has 84 valence electrons. The summed E-state index contributed by atoms with van der Waals surface area (Å²) in [5, 5.41) is 0. The highest BCUT2D eigenvalue weighted by Gasteiger charge is 2.39. The van der Waals surface area contributed by atoms with E-state index in [0.29, 0.717) is 13.1 Å². The average molecular weight is 209 g/mol. The molecule has 14 heavy (non-hydrogen) atoms. The molecule has 4 nitrogen and oxygen atoms in total. The van der Waals surface area contributed by atoms with Crippen LogP contribution in [0.2, 0.25) is 0 Å². The minimum Gasteiger partial charge on any atom is -0.297 e. The number of hydrazine groups is 1. The van der Waals surface area contributed by atoms with Gasteiger partial charge in [0.2, 0.25) is 0 Å². The third-order valence-electron chi connectivity index (χ3n) is 1.87. The van der Waals surface area contributed by atoms with Gasteiger partial charge in [0, 0.05) is 0 Å². The summed E-state index contributed by atoms with van der Waals surface area (Å²) in [6, 6.07) is 0. The van der Waals surface area contributed by atoms with Gasteiger partial charge in [-0.25, -0.2) is 5.84 Å².